The van der Waals surface area contributed by atoms with Crippen LogP contribution in [0.15, 0.2) is 18.2 Å². The number of carboxylic acids is 1. The van der Waals surface area contributed by atoms with Gasteiger partial charge in [0.2, 0.25) is 5.91 Å². The van der Waals surface area contributed by atoms with Crippen molar-refractivity contribution in [1.29, 1.82) is 0 Å². The molecule has 6 nitrogen and oxygen atoms in total. The highest BCUT2D eigenvalue weighted by Crippen LogP contribution is 2.28. The number of aliphatic carboxylic acids is 1. The quantitative estimate of drug-likeness (QED) is 0.641. The number of methoxy groups -OCH3 is 1. The Balaban J connectivity index is 2.62. The van der Waals surface area contributed by atoms with E-state index in [0.717, 1.165) is 18.4 Å². The van der Waals surface area contributed by atoms with Crippen LogP contribution < -0.4 is 14.8 Å². The second kappa shape index (κ2) is 9.15. The van der Waals surface area contributed by atoms with E-state index in [1.807, 2.05) is 18.2 Å². The summed E-state index contributed by atoms with van der Waals surface area (Å²) in [4.78, 5) is 23.0. The Bertz CT molecular complexity index is 569. The number of hydrogen-bond donors (Lipinski definition) is 2. The Hall–Kier alpha value is -2.24. The molecule has 1 aromatic carbocycles. The molecule has 0 bridgehead atoms. The molecule has 134 valence electrons. The van der Waals surface area contributed by atoms with E-state index in [4.69, 9.17) is 14.6 Å². The standard InChI is InChI=1S/C18H27NO5/c1-5-6-9-24-14-8-7-13(10-15(14)23-4)12-19-16(20)11-18(2,3)17(21)22/h7-8,10H,5-6,9,11-12H2,1-4H3,(H,19,20)(H,21,22). The van der Waals surface area contributed by atoms with E-state index in [1.54, 1.807) is 7.11 Å². The number of unbranched alkanes of at least 4 members (excludes halogenated alkanes) is 1. The third-order valence-corrected chi connectivity index (χ3v) is 3.65. The summed E-state index contributed by atoms with van der Waals surface area (Å²) < 4.78 is 11.0. The lowest BCUT2D eigenvalue weighted by atomic mass is 9.89. The van der Waals surface area contributed by atoms with Gasteiger partial charge in [-0.25, -0.2) is 0 Å². The molecule has 1 aromatic rings. The summed E-state index contributed by atoms with van der Waals surface area (Å²) in [5.74, 6) is -0.00528. The lowest BCUT2D eigenvalue weighted by Gasteiger charge is -2.18. The van der Waals surface area contributed by atoms with E-state index in [1.165, 1.54) is 13.8 Å². The highest BCUT2D eigenvalue weighted by molar-refractivity contribution is 5.84. The number of nitrogens with one attached hydrogen (secondary N) is 1. The number of carbonyl (C=O) groups is 2. The smallest absolute Gasteiger partial charge is 0.309 e. The summed E-state index contributed by atoms with van der Waals surface area (Å²) in [6.45, 7) is 6.09. The van der Waals surface area contributed by atoms with Gasteiger partial charge in [-0.3, -0.25) is 9.59 Å². The van der Waals surface area contributed by atoms with Crippen LogP contribution in [0.1, 0.15) is 45.6 Å². The van der Waals surface area contributed by atoms with Crippen LogP contribution in [-0.2, 0) is 16.1 Å². The predicted octanol–water partition coefficient (Wildman–Crippen LogP) is 2.99. The maximum atomic E-state index is 11.9. The summed E-state index contributed by atoms with van der Waals surface area (Å²) in [6.07, 6.45) is 1.96. The van der Waals surface area contributed by atoms with E-state index >= 15 is 0 Å². The Labute approximate surface area is 143 Å². The summed E-state index contributed by atoms with van der Waals surface area (Å²) in [7, 11) is 1.57. The van der Waals surface area contributed by atoms with Crippen molar-refractivity contribution < 1.29 is 24.2 Å². The zero-order valence-electron chi connectivity index (χ0n) is 14.8. The molecular formula is C18H27NO5. The molecule has 1 amide bonds. The molecule has 2 N–H and O–H groups in total. The summed E-state index contributed by atoms with van der Waals surface area (Å²) in [5.41, 5.74) is -0.227. The van der Waals surface area contributed by atoms with Crippen molar-refractivity contribution in [3.8, 4) is 11.5 Å². The number of carbonyl (C=O) groups excluding carboxylic acids is 1. The van der Waals surface area contributed by atoms with E-state index < -0.39 is 11.4 Å². The third-order valence-electron chi connectivity index (χ3n) is 3.65. The first kappa shape index (κ1) is 19.8. The molecule has 0 saturated carbocycles. The molecule has 0 fully saturated rings. The molecule has 0 saturated heterocycles. The second-order valence-corrected chi connectivity index (χ2v) is 6.33. The summed E-state index contributed by atoms with van der Waals surface area (Å²) in [5, 5.41) is 11.8. The monoisotopic (exact) mass is 337 g/mol. The minimum Gasteiger partial charge on any atom is -0.493 e. The molecule has 0 atom stereocenters. The molecule has 1 rings (SSSR count). The molecule has 0 aliphatic rings. The molecule has 0 heterocycles. The summed E-state index contributed by atoms with van der Waals surface area (Å²) >= 11 is 0. The van der Waals surface area contributed by atoms with Gasteiger partial charge in [0.15, 0.2) is 11.5 Å². The minimum absolute atomic E-state index is 0.0717. The number of benzene rings is 1. The second-order valence-electron chi connectivity index (χ2n) is 6.33. The van der Waals surface area contributed by atoms with Gasteiger partial charge in [-0.2, -0.15) is 0 Å². The van der Waals surface area contributed by atoms with Gasteiger partial charge in [0, 0.05) is 13.0 Å². The maximum absolute atomic E-state index is 11.9. The Morgan fingerprint density at radius 1 is 1.25 bits per heavy atom. The van der Waals surface area contributed by atoms with Crippen molar-refractivity contribution in [2.24, 2.45) is 5.41 Å². The molecule has 0 aliphatic carbocycles. The van der Waals surface area contributed by atoms with Gasteiger partial charge in [0.1, 0.15) is 0 Å². The summed E-state index contributed by atoms with van der Waals surface area (Å²) in [6, 6.07) is 5.48. The van der Waals surface area contributed by atoms with Crippen LogP contribution in [0.4, 0.5) is 0 Å². The highest BCUT2D eigenvalue weighted by Gasteiger charge is 2.29. The first-order valence-corrected chi connectivity index (χ1v) is 8.10. The van der Waals surface area contributed by atoms with Gasteiger partial charge >= 0.3 is 5.97 Å². The van der Waals surface area contributed by atoms with Gasteiger partial charge < -0.3 is 19.9 Å². The fourth-order valence-corrected chi connectivity index (χ4v) is 2.01. The molecule has 0 aromatic heterocycles. The van der Waals surface area contributed by atoms with Gasteiger partial charge in [-0.05, 0) is 38.0 Å². The van der Waals surface area contributed by atoms with Crippen LogP contribution >= 0.6 is 0 Å². The highest BCUT2D eigenvalue weighted by atomic mass is 16.5. The van der Waals surface area contributed by atoms with Crippen molar-refractivity contribution in [3.05, 3.63) is 23.8 Å². The van der Waals surface area contributed by atoms with Crippen LogP contribution in [0.5, 0.6) is 11.5 Å². The molecule has 0 unspecified atom stereocenters. The van der Waals surface area contributed by atoms with Gasteiger partial charge in [-0.1, -0.05) is 19.4 Å². The average molecular weight is 337 g/mol. The number of hydrogen-bond acceptors (Lipinski definition) is 4. The Kier molecular flexibility index (Phi) is 7.55. The zero-order chi connectivity index (χ0) is 18.2. The Morgan fingerprint density at radius 2 is 1.96 bits per heavy atom. The fourth-order valence-electron chi connectivity index (χ4n) is 2.01. The van der Waals surface area contributed by atoms with Crippen LogP contribution in [0.3, 0.4) is 0 Å². The molecule has 0 spiro atoms. The molecule has 0 aliphatic heterocycles. The molecule has 6 heteroatoms. The average Bonchev–Trinajstić information content (AvgIpc) is 2.53. The third kappa shape index (κ3) is 6.10. The maximum Gasteiger partial charge on any atom is 0.309 e. The van der Waals surface area contributed by atoms with Crippen LogP contribution in [0.25, 0.3) is 0 Å². The van der Waals surface area contributed by atoms with Gasteiger partial charge in [0.25, 0.3) is 0 Å². The molecule has 0 radical (unpaired) electrons. The van der Waals surface area contributed by atoms with Crippen molar-refractivity contribution >= 4 is 11.9 Å². The normalized spacial score (nSPS) is 11.0. The first-order valence-electron chi connectivity index (χ1n) is 8.10. The van der Waals surface area contributed by atoms with E-state index in [9.17, 15) is 9.59 Å². The number of carboxylic acid groups (broad SMARTS) is 1. The Morgan fingerprint density at radius 3 is 2.54 bits per heavy atom. The van der Waals surface area contributed by atoms with E-state index in [-0.39, 0.29) is 12.3 Å². The predicted molar refractivity (Wildman–Crippen MR) is 91.3 cm³/mol. The van der Waals surface area contributed by atoms with Crippen molar-refractivity contribution in [2.45, 2.75) is 46.6 Å². The topological polar surface area (TPSA) is 84.9 Å². The van der Waals surface area contributed by atoms with Gasteiger partial charge in [0.05, 0.1) is 19.1 Å². The van der Waals surface area contributed by atoms with E-state index in [0.29, 0.717) is 24.7 Å². The number of rotatable bonds is 10. The van der Waals surface area contributed by atoms with Crippen molar-refractivity contribution in [2.75, 3.05) is 13.7 Å². The minimum atomic E-state index is -1.08. The van der Waals surface area contributed by atoms with E-state index in [2.05, 4.69) is 12.2 Å². The zero-order valence-corrected chi connectivity index (χ0v) is 14.8. The lowest BCUT2D eigenvalue weighted by molar-refractivity contribution is -0.149. The van der Waals surface area contributed by atoms with Crippen LogP contribution in [0.2, 0.25) is 0 Å². The van der Waals surface area contributed by atoms with Gasteiger partial charge in [-0.15, -0.1) is 0 Å². The lowest BCUT2D eigenvalue weighted by Crippen LogP contribution is -2.33. The number of amides is 1. The molecule has 24 heavy (non-hydrogen) atoms. The number of ether oxygens (including phenoxy) is 2. The van der Waals surface area contributed by atoms with Crippen molar-refractivity contribution in [1.82, 2.24) is 5.32 Å². The SMILES string of the molecule is CCCCOc1ccc(CNC(=O)CC(C)(C)C(=O)O)cc1OC. The molecular weight excluding hydrogens is 310 g/mol. The van der Waals surface area contributed by atoms with Crippen LogP contribution in [-0.4, -0.2) is 30.7 Å². The van der Waals surface area contributed by atoms with Crippen LogP contribution in [0, 0.1) is 5.41 Å². The largest absolute Gasteiger partial charge is 0.493 e. The fraction of sp³-hybridized carbons (Fsp3) is 0.556. The van der Waals surface area contributed by atoms with Crippen molar-refractivity contribution in [3.63, 3.8) is 0 Å². The first-order chi connectivity index (χ1) is 11.3.